The number of halogens is 2. The zero-order valence-corrected chi connectivity index (χ0v) is 9.69. The summed E-state index contributed by atoms with van der Waals surface area (Å²) in [6, 6.07) is 4.94. The van der Waals surface area contributed by atoms with Crippen molar-refractivity contribution in [1.82, 2.24) is 5.32 Å². The van der Waals surface area contributed by atoms with Crippen LogP contribution < -0.4 is 5.32 Å². The third-order valence-corrected chi connectivity index (χ3v) is 2.41. The van der Waals surface area contributed by atoms with Crippen molar-refractivity contribution in [3.8, 4) is 0 Å². The predicted octanol–water partition coefficient (Wildman–Crippen LogP) is 1.83. The number of aliphatic carboxylic acids is 1. The van der Waals surface area contributed by atoms with E-state index in [1.54, 1.807) is 25.1 Å². The van der Waals surface area contributed by atoms with Crippen molar-refractivity contribution in [1.29, 1.82) is 0 Å². The molecule has 98 valence electrons. The molecule has 4 nitrogen and oxygen atoms in total. The largest absolute Gasteiger partial charge is 0.480 e. The van der Waals surface area contributed by atoms with E-state index in [0.717, 1.165) is 0 Å². The minimum Gasteiger partial charge on any atom is -0.480 e. The quantitative estimate of drug-likeness (QED) is 0.845. The molecule has 0 spiro atoms. The molecule has 0 aliphatic rings. The van der Waals surface area contributed by atoms with Gasteiger partial charge < -0.3 is 10.4 Å². The van der Waals surface area contributed by atoms with Gasteiger partial charge in [-0.05, 0) is 18.6 Å². The molecular weight excluding hydrogens is 244 g/mol. The smallest absolute Gasteiger partial charge is 0.326 e. The van der Waals surface area contributed by atoms with Gasteiger partial charge in [0.15, 0.2) is 0 Å². The molecular formula is C12H13F2NO3. The number of carboxylic acids is 1. The molecule has 0 bridgehead atoms. The van der Waals surface area contributed by atoms with E-state index in [-0.39, 0.29) is 5.56 Å². The number of carbonyl (C=O) groups is 2. The lowest BCUT2D eigenvalue weighted by atomic mass is 10.1. The van der Waals surface area contributed by atoms with Gasteiger partial charge in [-0.15, -0.1) is 0 Å². The van der Waals surface area contributed by atoms with Crippen molar-refractivity contribution >= 4 is 11.9 Å². The first-order chi connectivity index (χ1) is 8.41. The Balaban J connectivity index is 2.79. The second-order valence-electron chi connectivity index (χ2n) is 3.81. The van der Waals surface area contributed by atoms with E-state index in [9.17, 15) is 18.4 Å². The number of benzene rings is 1. The number of nitrogens with one attached hydrogen (secondary N) is 1. The van der Waals surface area contributed by atoms with Crippen molar-refractivity contribution in [2.45, 2.75) is 25.8 Å². The average Bonchev–Trinajstić information content (AvgIpc) is 2.27. The first kappa shape index (κ1) is 14.1. The first-order valence-corrected chi connectivity index (χ1v) is 5.29. The van der Waals surface area contributed by atoms with Gasteiger partial charge in [-0.3, -0.25) is 4.79 Å². The summed E-state index contributed by atoms with van der Waals surface area (Å²) in [6.45, 7) is 1.68. The van der Waals surface area contributed by atoms with Crippen LogP contribution in [0.1, 0.15) is 22.3 Å². The number of aryl methyl sites for hydroxylation is 1. The van der Waals surface area contributed by atoms with Crippen LogP contribution in [0.4, 0.5) is 8.78 Å². The Morgan fingerprint density at radius 3 is 2.44 bits per heavy atom. The molecule has 1 amide bonds. The lowest BCUT2D eigenvalue weighted by molar-refractivity contribution is -0.140. The van der Waals surface area contributed by atoms with E-state index >= 15 is 0 Å². The SMILES string of the molecule is Cc1ccccc1C(=O)NC(CC(F)F)C(=O)O. The van der Waals surface area contributed by atoms with Crippen LogP contribution in [0.15, 0.2) is 24.3 Å². The van der Waals surface area contributed by atoms with Gasteiger partial charge in [0.1, 0.15) is 6.04 Å². The molecule has 2 N–H and O–H groups in total. The first-order valence-electron chi connectivity index (χ1n) is 5.29. The van der Waals surface area contributed by atoms with E-state index in [2.05, 4.69) is 5.32 Å². The minimum atomic E-state index is -2.79. The summed E-state index contributed by atoms with van der Waals surface area (Å²) in [7, 11) is 0. The fourth-order valence-corrected chi connectivity index (χ4v) is 1.46. The van der Waals surface area contributed by atoms with Gasteiger partial charge in [0.05, 0.1) is 0 Å². The molecule has 0 aliphatic heterocycles. The molecule has 1 aromatic rings. The molecule has 0 heterocycles. The molecule has 1 atom stereocenters. The number of carbonyl (C=O) groups excluding carboxylic acids is 1. The van der Waals surface area contributed by atoms with E-state index in [4.69, 9.17) is 5.11 Å². The lowest BCUT2D eigenvalue weighted by Gasteiger charge is -2.14. The molecule has 6 heteroatoms. The van der Waals surface area contributed by atoms with Crippen LogP contribution in [0.3, 0.4) is 0 Å². The highest BCUT2D eigenvalue weighted by molar-refractivity contribution is 5.97. The third kappa shape index (κ3) is 3.80. The summed E-state index contributed by atoms with van der Waals surface area (Å²) >= 11 is 0. The number of carboxylic acid groups (broad SMARTS) is 1. The molecule has 18 heavy (non-hydrogen) atoms. The highest BCUT2D eigenvalue weighted by atomic mass is 19.3. The molecule has 0 fully saturated rings. The van der Waals surface area contributed by atoms with Crippen LogP contribution in [0.5, 0.6) is 0 Å². The maximum absolute atomic E-state index is 12.2. The molecule has 0 saturated carbocycles. The molecule has 0 aromatic heterocycles. The van der Waals surface area contributed by atoms with E-state index in [1.165, 1.54) is 6.07 Å². The predicted molar refractivity (Wildman–Crippen MR) is 60.7 cm³/mol. The Bertz CT molecular complexity index is 449. The summed E-state index contributed by atoms with van der Waals surface area (Å²) in [6.07, 6.45) is -3.70. The van der Waals surface area contributed by atoms with E-state index < -0.39 is 30.8 Å². The zero-order valence-electron chi connectivity index (χ0n) is 9.69. The van der Waals surface area contributed by atoms with Crippen LogP contribution in [0.25, 0.3) is 0 Å². The van der Waals surface area contributed by atoms with Gasteiger partial charge in [-0.25, -0.2) is 13.6 Å². The summed E-state index contributed by atoms with van der Waals surface area (Å²) in [5.74, 6) is -2.14. The molecule has 0 radical (unpaired) electrons. The zero-order chi connectivity index (χ0) is 13.7. The van der Waals surface area contributed by atoms with Gasteiger partial charge in [0, 0.05) is 12.0 Å². The van der Waals surface area contributed by atoms with Crippen molar-refractivity contribution in [3.05, 3.63) is 35.4 Å². The Kier molecular flexibility index (Phi) is 4.76. The average molecular weight is 257 g/mol. The molecule has 0 aliphatic carbocycles. The van der Waals surface area contributed by atoms with Crippen molar-refractivity contribution in [3.63, 3.8) is 0 Å². The Hall–Kier alpha value is -1.98. The van der Waals surface area contributed by atoms with Crippen LogP contribution >= 0.6 is 0 Å². The highest BCUT2D eigenvalue weighted by Crippen LogP contribution is 2.09. The maximum atomic E-state index is 12.2. The number of alkyl halides is 2. The summed E-state index contributed by atoms with van der Waals surface area (Å²) in [5, 5.41) is 10.8. The molecule has 1 unspecified atom stereocenters. The summed E-state index contributed by atoms with van der Waals surface area (Å²) in [5.41, 5.74) is 0.925. The Morgan fingerprint density at radius 2 is 1.94 bits per heavy atom. The van der Waals surface area contributed by atoms with Gasteiger partial charge in [-0.1, -0.05) is 18.2 Å². The summed E-state index contributed by atoms with van der Waals surface area (Å²) < 4.78 is 24.3. The van der Waals surface area contributed by atoms with Crippen LogP contribution in [-0.2, 0) is 4.79 Å². The fraction of sp³-hybridized carbons (Fsp3) is 0.333. The van der Waals surface area contributed by atoms with Crippen LogP contribution in [-0.4, -0.2) is 29.5 Å². The minimum absolute atomic E-state index is 0.276. The van der Waals surface area contributed by atoms with Crippen molar-refractivity contribution in [2.24, 2.45) is 0 Å². The van der Waals surface area contributed by atoms with E-state index in [0.29, 0.717) is 5.56 Å². The van der Waals surface area contributed by atoms with E-state index in [1.807, 2.05) is 0 Å². The number of hydrogen-bond donors (Lipinski definition) is 2. The maximum Gasteiger partial charge on any atom is 0.326 e. The third-order valence-electron chi connectivity index (χ3n) is 2.41. The highest BCUT2D eigenvalue weighted by Gasteiger charge is 2.24. The van der Waals surface area contributed by atoms with Crippen LogP contribution in [0, 0.1) is 6.92 Å². The van der Waals surface area contributed by atoms with Crippen molar-refractivity contribution in [2.75, 3.05) is 0 Å². The topological polar surface area (TPSA) is 66.4 Å². The van der Waals surface area contributed by atoms with Gasteiger partial charge in [-0.2, -0.15) is 0 Å². The summed E-state index contributed by atoms with van der Waals surface area (Å²) in [4.78, 5) is 22.5. The number of hydrogen-bond acceptors (Lipinski definition) is 2. The second kappa shape index (κ2) is 6.09. The number of rotatable bonds is 5. The molecule has 1 rings (SSSR count). The van der Waals surface area contributed by atoms with Gasteiger partial charge in [0.2, 0.25) is 6.43 Å². The second-order valence-corrected chi connectivity index (χ2v) is 3.81. The lowest BCUT2D eigenvalue weighted by Crippen LogP contribution is -2.42. The van der Waals surface area contributed by atoms with Crippen LogP contribution in [0.2, 0.25) is 0 Å². The standard InChI is InChI=1S/C12H13F2NO3/c1-7-4-2-3-5-8(7)11(16)15-9(12(17)18)6-10(13)14/h2-5,9-10H,6H2,1H3,(H,15,16)(H,17,18). The van der Waals surface area contributed by atoms with Gasteiger partial charge in [0.25, 0.3) is 5.91 Å². The Labute approximate surface area is 103 Å². The molecule has 0 saturated heterocycles. The normalized spacial score (nSPS) is 12.2. The van der Waals surface area contributed by atoms with Gasteiger partial charge >= 0.3 is 5.97 Å². The molecule has 1 aromatic carbocycles. The fourth-order valence-electron chi connectivity index (χ4n) is 1.46. The monoisotopic (exact) mass is 257 g/mol. The van der Waals surface area contributed by atoms with Crippen molar-refractivity contribution < 1.29 is 23.5 Å². The number of amides is 1. The Morgan fingerprint density at radius 1 is 1.33 bits per heavy atom.